The van der Waals surface area contributed by atoms with Crippen molar-refractivity contribution < 1.29 is 19.1 Å². The summed E-state index contributed by atoms with van der Waals surface area (Å²) in [6.07, 6.45) is 0.347. The highest BCUT2D eigenvalue weighted by molar-refractivity contribution is 5.85. The van der Waals surface area contributed by atoms with E-state index in [-0.39, 0.29) is 12.4 Å². The molecule has 0 fully saturated rings. The smallest absolute Gasteiger partial charge is 0.329 e. The summed E-state index contributed by atoms with van der Waals surface area (Å²) in [4.78, 5) is 24.0. The Labute approximate surface area is 117 Å². The van der Waals surface area contributed by atoms with E-state index in [1.807, 2.05) is 0 Å². The van der Waals surface area contributed by atoms with E-state index in [1.165, 1.54) is 27.0 Å². The Morgan fingerprint density at radius 2 is 1.95 bits per heavy atom. The molecule has 0 bridgehead atoms. The first-order chi connectivity index (χ1) is 9.26. The molecule has 2 amide bonds. The van der Waals surface area contributed by atoms with Crippen molar-refractivity contribution in [2.75, 3.05) is 13.6 Å². The third-order valence-electron chi connectivity index (χ3n) is 3.29. The number of carbonyl (C=O) groups excluding carboxylic acids is 1. The number of nitrogens with zero attached hydrogens (tertiary/aromatic N) is 1. The van der Waals surface area contributed by atoms with E-state index in [9.17, 15) is 14.0 Å². The van der Waals surface area contributed by atoms with Gasteiger partial charge >= 0.3 is 12.0 Å². The van der Waals surface area contributed by atoms with Crippen LogP contribution in [-0.2, 0) is 11.2 Å². The highest BCUT2D eigenvalue weighted by atomic mass is 19.1. The quantitative estimate of drug-likeness (QED) is 0.866. The summed E-state index contributed by atoms with van der Waals surface area (Å²) in [5.74, 6) is -1.41. The van der Waals surface area contributed by atoms with Crippen molar-refractivity contribution in [1.82, 2.24) is 10.2 Å². The van der Waals surface area contributed by atoms with E-state index < -0.39 is 17.5 Å². The van der Waals surface area contributed by atoms with Crippen LogP contribution in [0.25, 0.3) is 0 Å². The minimum Gasteiger partial charge on any atom is -0.480 e. The van der Waals surface area contributed by atoms with Crippen LogP contribution in [0.1, 0.15) is 19.4 Å². The maximum Gasteiger partial charge on any atom is 0.329 e. The van der Waals surface area contributed by atoms with E-state index in [4.69, 9.17) is 5.11 Å². The Kier molecular flexibility index (Phi) is 5.07. The van der Waals surface area contributed by atoms with Gasteiger partial charge in [-0.15, -0.1) is 0 Å². The average molecular weight is 282 g/mol. The van der Waals surface area contributed by atoms with E-state index in [2.05, 4.69) is 5.32 Å². The van der Waals surface area contributed by atoms with Crippen LogP contribution in [-0.4, -0.2) is 41.1 Å². The second kappa shape index (κ2) is 6.36. The van der Waals surface area contributed by atoms with Gasteiger partial charge in [-0.3, -0.25) is 0 Å². The van der Waals surface area contributed by atoms with Gasteiger partial charge in [-0.05, 0) is 31.9 Å². The summed E-state index contributed by atoms with van der Waals surface area (Å²) >= 11 is 0. The van der Waals surface area contributed by atoms with Gasteiger partial charge in [0.05, 0.1) is 0 Å². The Morgan fingerprint density at radius 1 is 1.35 bits per heavy atom. The summed E-state index contributed by atoms with van der Waals surface area (Å²) < 4.78 is 13.4. The number of carboxylic acids is 1. The molecule has 0 aliphatic heterocycles. The minimum absolute atomic E-state index is 0.236. The molecule has 110 valence electrons. The molecule has 0 radical (unpaired) electrons. The highest BCUT2D eigenvalue weighted by Crippen LogP contribution is 2.12. The third-order valence-corrected chi connectivity index (χ3v) is 3.29. The Morgan fingerprint density at radius 3 is 2.50 bits per heavy atom. The molecule has 0 aromatic heterocycles. The molecular formula is C14H19FN2O3. The number of benzene rings is 1. The molecule has 1 aromatic carbocycles. The van der Waals surface area contributed by atoms with Gasteiger partial charge in [0.1, 0.15) is 11.4 Å². The summed E-state index contributed by atoms with van der Waals surface area (Å²) in [7, 11) is 1.41. The minimum atomic E-state index is -1.30. The number of amides is 2. The van der Waals surface area contributed by atoms with Gasteiger partial charge in [0.2, 0.25) is 0 Å². The van der Waals surface area contributed by atoms with Crippen LogP contribution in [0, 0.1) is 5.82 Å². The second-order valence-corrected chi connectivity index (χ2v) is 5.00. The second-order valence-electron chi connectivity index (χ2n) is 5.00. The van der Waals surface area contributed by atoms with Gasteiger partial charge in [-0.25, -0.2) is 14.0 Å². The predicted octanol–water partition coefficient (Wildman–Crippen LogP) is 1.87. The van der Waals surface area contributed by atoms with E-state index in [0.717, 1.165) is 4.90 Å². The topological polar surface area (TPSA) is 69.6 Å². The lowest BCUT2D eigenvalue weighted by Crippen LogP contribution is -2.54. The number of aliphatic carboxylic acids is 1. The molecule has 0 unspecified atom stereocenters. The normalized spacial score (nSPS) is 11.0. The lowest BCUT2D eigenvalue weighted by Gasteiger charge is -2.31. The Hall–Kier alpha value is -2.11. The zero-order chi connectivity index (χ0) is 15.3. The number of hydrogen-bond acceptors (Lipinski definition) is 2. The van der Waals surface area contributed by atoms with Gasteiger partial charge < -0.3 is 15.3 Å². The standard InChI is InChI=1S/C14H19FN2O3/c1-14(2,12(18)19)17(3)13(20)16-9-8-10-6-4-5-7-11(10)15/h4-7H,8-9H2,1-3H3,(H,16,20)(H,18,19). The lowest BCUT2D eigenvalue weighted by molar-refractivity contribution is -0.146. The fourth-order valence-electron chi connectivity index (χ4n) is 1.52. The van der Waals surface area contributed by atoms with Crippen LogP contribution < -0.4 is 5.32 Å². The first-order valence-corrected chi connectivity index (χ1v) is 6.25. The fourth-order valence-corrected chi connectivity index (χ4v) is 1.52. The molecule has 5 nitrogen and oxygen atoms in total. The molecule has 0 heterocycles. The maximum absolute atomic E-state index is 13.4. The van der Waals surface area contributed by atoms with E-state index in [0.29, 0.717) is 12.0 Å². The summed E-state index contributed by atoms with van der Waals surface area (Å²) in [5, 5.41) is 11.6. The summed E-state index contributed by atoms with van der Waals surface area (Å²) in [6, 6.07) is 5.82. The van der Waals surface area contributed by atoms with Crippen molar-refractivity contribution in [2.45, 2.75) is 25.8 Å². The lowest BCUT2D eigenvalue weighted by atomic mass is 10.1. The number of likely N-dealkylation sites (N-methyl/N-ethyl adjacent to an activating group) is 1. The third kappa shape index (κ3) is 3.69. The van der Waals surface area contributed by atoms with Crippen LogP contribution in [0.4, 0.5) is 9.18 Å². The number of hydrogen-bond donors (Lipinski definition) is 2. The molecule has 20 heavy (non-hydrogen) atoms. The number of urea groups is 1. The summed E-state index contributed by atoms with van der Waals surface area (Å²) in [5.41, 5.74) is -0.796. The average Bonchev–Trinajstić information content (AvgIpc) is 2.39. The zero-order valence-corrected chi connectivity index (χ0v) is 11.8. The molecule has 0 saturated carbocycles. The zero-order valence-electron chi connectivity index (χ0n) is 11.8. The van der Waals surface area contributed by atoms with Crippen LogP contribution in [0.15, 0.2) is 24.3 Å². The van der Waals surface area contributed by atoms with Gasteiger partial charge in [0.25, 0.3) is 0 Å². The van der Waals surface area contributed by atoms with Crippen LogP contribution in [0.3, 0.4) is 0 Å². The predicted molar refractivity (Wildman–Crippen MR) is 73.0 cm³/mol. The van der Waals surface area contributed by atoms with Crippen LogP contribution in [0.5, 0.6) is 0 Å². The van der Waals surface area contributed by atoms with Crippen molar-refractivity contribution in [3.8, 4) is 0 Å². The van der Waals surface area contributed by atoms with Crippen LogP contribution >= 0.6 is 0 Å². The van der Waals surface area contributed by atoms with Crippen LogP contribution in [0.2, 0.25) is 0 Å². The van der Waals surface area contributed by atoms with Gasteiger partial charge in [-0.1, -0.05) is 18.2 Å². The number of halogens is 1. The Balaban J connectivity index is 2.52. The SMILES string of the molecule is CN(C(=O)NCCc1ccccc1F)C(C)(C)C(=O)O. The fraction of sp³-hybridized carbons (Fsp3) is 0.429. The molecule has 2 N–H and O–H groups in total. The van der Waals surface area contributed by atoms with E-state index >= 15 is 0 Å². The van der Waals surface area contributed by atoms with Gasteiger partial charge in [-0.2, -0.15) is 0 Å². The molecule has 0 saturated heterocycles. The Bertz CT molecular complexity index is 503. The van der Waals surface area contributed by atoms with Gasteiger partial charge in [0.15, 0.2) is 0 Å². The van der Waals surface area contributed by atoms with E-state index in [1.54, 1.807) is 18.2 Å². The maximum atomic E-state index is 13.4. The molecule has 0 aliphatic carbocycles. The first-order valence-electron chi connectivity index (χ1n) is 6.25. The monoisotopic (exact) mass is 282 g/mol. The largest absolute Gasteiger partial charge is 0.480 e. The molecule has 6 heteroatoms. The molecule has 0 aliphatic rings. The van der Waals surface area contributed by atoms with Crippen molar-refractivity contribution in [3.05, 3.63) is 35.6 Å². The van der Waals surface area contributed by atoms with Crippen molar-refractivity contribution in [3.63, 3.8) is 0 Å². The molecular weight excluding hydrogens is 263 g/mol. The summed E-state index contributed by atoms with van der Waals surface area (Å²) in [6.45, 7) is 3.11. The van der Waals surface area contributed by atoms with Crippen molar-refractivity contribution in [1.29, 1.82) is 0 Å². The number of rotatable bonds is 5. The molecule has 0 spiro atoms. The highest BCUT2D eigenvalue weighted by Gasteiger charge is 2.35. The first kappa shape index (κ1) is 15.9. The number of carbonyl (C=O) groups is 2. The molecule has 1 aromatic rings. The molecule has 1 rings (SSSR count). The van der Waals surface area contributed by atoms with Crippen molar-refractivity contribution >= 4 is 12.0 Å². The number of carboxylic acid groups (broad SMARTS) is 1. The van der Waals surface area contributed by atoms with Crippen molar-refractivity contribution in [2.24, 2.45) is 0 Å². The molecule has 0 atom stereocenters. The number of nitrogens with one attached hydrogen (secondary N) is 1. The van der Waals surface area contributed by atoms with Gasteiger partial charge in [0, 0.05) is 13.6 Å².